The van der Waals surface area contributed by atoms with E-state index in [0.717, 1.165) is 11.3 Å². The third kappa shape index (κ3) is 3.57. The Balaban J connectivity index is 1.83. The van der Waals surface area contributed by atoms with Gasteiger partial charge in [-0.05, 0) is 24.1 Å². The van der Waals surface area contributed by atoms with Crippen LogP contribution in [0.15, 0.2) is 24.3 Å². The molecule has 0 bridgehead atoms. The molecule has 1 aromatic carbocycles. The number of nitrogen functional groups attached to an aromatic ring is 1. The van der Waals surface area contributed by atoms with Gasteiger partial charge in [-0.1, -0.05) is 12.1 Å². The zero-order valence-corrected chi connectivity index (χ0v) is 11.1. The molecule has 0 aliphatic carbocycles. The lowest BCUT2D eigenvalue weighted by atomic mass is 10.1. The maximum atomic E-state index is 12.0. The zero-order valence-electron chi connectivity index (χ0n) is 10.3. The Labute approximate surface area is 110 Å². The molecule has 0 saturated carbocycles. The van der Waals surface area contributed by atoms with Crippen molar-refractivity contribution in [2.45, 2.75) is 12.8 Å². The summed E-state index contributed by atoms with van der Waals surface area (Å²) in [5, 5.41) is 0. The van der Waals surface area contributed by atoms with Crippen molar-refractivity contribution < 1.29 is 9.00 Å². The molecule has 0 aromatic heterocycles. The second-order valence-corrected chi connectivity index (χ2v) is 6.17. The molecule has 18 heavy (non-hydrogen) atoms. The highest BCUT2D eigenvalue weighted by atomic mass is 32.2. The van der Waals surface area contributed by atoms with Crippen LogP contribution in [0.2, 0.25) is 0 Å². The van der Waals surface area contributed by atoms with Crippen molar-refractivity contribution >= 4 is 22.4 Å². The number of hydrogen-bond acceptors (Lipinski definition) is 3. The lowest BCUT2D eigenvalue weighted by Crippen LogP contribution is -2.41. The second-order valence-electron chi connectivity index (χ2n) is 4.47. The maximum absolute atomic E-state index is 12.0. The lowest BCUT2D eigenvalue weighted by molar-refractivity contribution is -0.130. The van der Waals surface area contributed by atoms with Gasteiger partial charge in [0.15, 0.2) is 0 Å². The number of carbonyl (C=O) groups is 1. The van der Waals surface area contributed by atoms with Gasteiger partial charge in [0.25, 0.3) is 0 Å². The Kier molecular flexibility index (Phi) is 4.36. The number of amides is 1. The number of carbonyl (C=O) groups excluding carboxylic acids is 1. The summed E-state index contributed by atoms with van der Waals surface area (Å²) in [6.45, 7) is 1.25. The zero-order chi connectivity index (χ0) is 13.0. The predicted molar refractivity (Wildman–Crippen MR) is 73.6 cm³/mol. The van der Waals surface area contributed by atoms with Gasteiger partial charge in [-0.25, -0.2) is 0 Å². The quantitative estimate of drug-likeness (QED) is 0.823. The van der Waals surface area contributed by atoms with Crippen LogP contribution in [0.1, 0.15) is 12.0 Å². The van der Waals surface area contributed by atoms with E-state index < -0.39 is 10.8 Å². The minimum atomic E-state index is -0.731. The van der Waals surface area contributed by atoms with E-state index in [9.17, 15) is 9.00 Å². The largest absolute Gasteiger partial charge is 0.399 e. The molecule has 1 amide bonds. The molecule has 0 atom stereocenters. The van der Waals surface area contributed by atoms with Crippen molar-refractivity contribution in [2.75, 3.05) is 30.3 Å². The summed E-state index contributed by atoms with van der Waals surface area (Å²) >= 11 is 0. The van der Waals surface area contributed by atoms with Crippen molar-refractivity contribution in [3.8, 4) is 0 Å². The van der Waals surface area contributed by atoms with Crippen LogP contribution in [0, 0.1) is 0 Å². The minimum Gasteiger partial charge on any atom is -0.399 e. The van der Waals surface area contributed by atoms with Crippen molar-refractivity contribution in [1.29, 1.82) is 0 Å². The van der Waals surface area contributed by atoms with Crippen LogP contribution >= 0.6 is 0 Å². The van der Waals surface area contributed by atoms with Crippen molar-refractivity contribution in [3.05, 3.63) is 29.8 Å². The van der Waals surface area contributed by atoms with Gasteiger partial charge < -0.3 is 10.6 Å². The first kappa shape index (κ1) is 13.1. The van der Waals surface area contributed by atoms with Gasteiger partial charge >= 0.3 is 0 Å². The summed E-state index contributed by atoms with van der Waals surface area (Å²) in [6, 6.07) is 7.62. The number of anilines is 1. The summed E-state index contributed by atoms with van der Waals surface area (Å²) in [5.74, 6) is 1.38. The Bertz CT molecular complexity index is 452. The lowest BCUT2D eigenvalue weighted by Gasteiger charge is -2.26. The van der Waals surface area contributed by atoms with Crippen molar-refractivity contribution in [2.24, 2.45) is 0 Å². The van der Waals surface area contributed by atoms with Gasteiger partial charge in [0.05, 0.1) is 0 Å². The summed E-state index contributed by atoms with van der Waals surface area (Å²) in [6.07, 6.45) is 1.21. The number of nitrogens with zero attached hydrogens (tertiary/aromatic N) is 1. The van der Waals surface area contributed by atoms with Crippen LogP contribution in [-0.2, 0) is 22.0 Å². The molecule has 98 valence electrons. The molecule has 5 heteroatoms. The Morgan fingerprint density at radius 3 is 2.72 bits per heavy atom. The van der Waals surface area contributed by atoms with Crippen molar-refractivity contribution in [3.63, 3.8) is 0 Å². The molecule has 1 aliphatic heterocycles. The average Bonchev–Trinajstić information content (AvgIpc) is 2.37. The molecule has 1 heterocycles. The van der Waals surface area contributed by atoms with Gasteiger partial charge in [-0.2, -0.15) is 0 Å². The monoisotopic (exact) mass is 266 g/mol. The van der Waals surface area contributed by atoms with E-state index in [1.54, 1.807) is 0 Å². The highest BCUT2D eigenvalue weighted by Gasteiger charge is 2.19. The predicted octanol–water partition coefficient (Wildman–Crippen LogP) is 0.792. The first-order chi connectivity index (χ1) is 8.65. The van der Waals surface area contributed by atoms with Crippen LogP contribution in [0.25, 0.3) is 0 Å². The third-order valence-electron chi connectivity index (χ3n) is 3.11. The van der Waals surface area contributed by atoms with E-state index in [1.807, 2.05) is 29.2 Å². The number of aryl methyl sites for hydroxylation is 1. The van der Waals surface area contributed by atoms with Crippen LogP contribution in [0.5, 0.6) is 0 Å². The minimum absolute atomic E-state index is 0.147. The van der Waals surface area contributed by atoms with Gasteiger partial charge in [0.1, 0.15) is 0 Å². The standard InChI is InChI=1S/C13H18N2O2S/c14-12-3-1-2-11(10-12)4-5-13(16)15-6-8-18(17)9-7-15/h1-3,10H,4-9,14H2. The Morgan fingerprint density at radius 2 is 2.06 bits per heavy atom. The molecule has 2 rings (SSSR count). The molecule has 1 aromatic rings. The van der Waals surface area contributed by atoms with E-state index in [0.29, 0.717) is 37.4 Å². The van der Waals surface area contributed by atoms with E-state index in [1.165, 1.54) is 0 Å². The number of benzene rings is 1. The number of hydrogen-bond donors (Lipinski definition) is 1. The van der Waals surface area contributed by atoms with Gasteiger partial charge in [-0.15, -0.1) is 0 Å². The molecule has 2 N–H and O–H groups in total. The maximum Gasteiger partial charge on any atom is 0.222 e. The van der Waals surface area contributed by atoms with E-state index >= 15 is 0 Å². The van der Waals surface area contributed by atoms with E-state index in [2.05, 4.69) is 0 Å². The summed E-state index contributed by atoms with van der Waals surface area (Å²) in [7, 11) is -0.731. The molecule has 1 saturated heterocycles. The van der Waals surface area contributed by atoms with Crippen molar-refractivity contribution in [1.82, 2.24) is 4.90 Å². The highest BCUT2D eigenvalue weighted by molar-refractivity contribution is 7.85. The fourth-order valence-electron chi connectivity index (χ4n) is 2.05. The molecular formula is C13H18N2O2S. The average molecular weight is 266 g/mol. The number of nitrogens with two attached hydrogens (primary N) is 1. The normalized spacial score (nSPS) is 16.8. The molecule has 0 unspecified atom stereocenters. The Hall–Kier alpha value is -1.36. The van der Waals surface area contributed by atoms with Gasteiger partial charge in [-0.3, -0.25) is 9.00 Å². The molecule has 0 spiro atoms. The first-order valence-corrected chi connectivity index (χ1v) is 7.61. The van der Waals surface area contributed by atoms with Crippen LogP contribution in [0.4, 0.5) is 5.69 Å². The molecule has 1 fully saturated rings. The molecule has 0 radical (unpaired) electrons. The summed E-state index contributed by atoms with van der Waals surface area (Å²) in [5.41, 5.74) is 7.51. The smallest absolute Gasteiger partial charge is 0.222 e. The highest BCUT2D eigenvalue weighted by Crippen LogP contribution is 2.10. The summed E-state index contributed by atoms with van der Waals surface area (Å²) in [4.78, 5) is 13.8. The third-order valence-corrected chi connectivity index (χ3v) is 4.38. The fraction of sp³-hybridized carbons (Fsp3) is 0.462. The fourth-order valence-corrected chi connectivity index (χ4v) is 3.10. The van der Waals surface area contributed by atoms with E-state index in [-0.39, 0.29) is 5.91 Å². The molecular weight excluding hydrogens is 248 g/mol. The molecule has 1 aliphatic rings. The van der Waals surface area contributed by atoms with Gasteiger partial charge in [0, 0.05) is 47.5 Å². The topological polar surface area (TPSA) is 63.4 Å². The van der Waals surface area contributed by atoms with E-state index in [4.69, 9.17) is 5.73 Å². The first-order valence-electron chi connectivity index (χ1n) is 6.12. The Morgan fingerprint density at radius 1 is 1.33 bits per heavy atom. The van der Waals surface area contributed by atoms with Gasteiger partial charge in [0.2, 0.25) is 5.91 Å². The second kappa shape index (κ2) is 6.00. The van der Waals surface area contributed by atoms with Crippen LogP contribution in [-0.4, -0.2) is 39.6 Å². The SMILES string of the molecule is Nc1cccc(CCC(=O)N2CCS(=O)CC2)c1. The van der Waals surface area contributed by atoms with Crippen LogP contribution < -0.4 is 5.73 Å². The number of rotatable bonds is 3. The molecule has 4 nitrogen and oxygen atoms in total. The van der Waals surface area contributed by atoms with Crippen LogP contribution in [0.3, 0.4) is 0 Å². The summed E-state index contributed by atoms with van der Waals surface area (Å²) < 4.78 is 11.2.